The van der Waals surface area contributed by atoms with Crippen molar-refractivity contribution in [3.8, 4) is 0 Å². The second-order valence-electron chi connectivity index (χ2n) is 5.01. The summed E-state index contributed by atoms with van der Waals surface area (Å²) in [5.41, 5.74) is 6.24. The molecule has 2 aliphatic rings. The fourth-order valence-electron chi connectivity index (χ4n) is 2.97. The molecule has 80 valence electrons. The van der Waals surface area contributed by atoms with Crippen LogP contribution in [0.25, 0.3) is 0 Å². The van der Waals surface area contributed by atoms with E-state index in [0.717, 1.165) is 12.8 Å². The predicted octanol–water partition coefficient (Wildman–Crippen LogP) is 1.47. The third kappa shape index (κ3) is 1.65. The Morgan fingerprint density at radius 3 is 2.57 bits per heavy atom. The average molecular weight is 196 g/mol. The lowest BCUT2D eigenvalue weighted by Crippen LogP contribution is -2.53. The molecule has 3 heteroatoms. The van der Waals surface area contributed by atoms with Crippen molar-refractivity contribution in [1.29, 1.82) is 0 Å². The number of amides is 1. The fraction of sp³-hybridized carbons (Fsp3) is 0.909. The van der Waals surface area contributed by atoms with Crippen LogP contribution in [0.15, 0.2) is 0 Å². The zero-order valence-corrected chi connectivity index (χ0v) is 8.96. The van der Waals surface area contributed by atoms with Gasteiger partial charge in [-0.25, -0.2) is 0 Å². The van der Waals surface area contributed by atoms with Gasteiger partial charge in [0.2, 0.25) is 5.91 Å². The van der Waals surface area contributed by atoms with Crippen LogP contribution in [-0.4, -0.2) is 24.0 Å². The van der Waals surface area contributed by atoms with E-state index < -0.39 is 0 Å². The van der Waals surface area contributed by atoms with Crippen molar-refractivity contribution in [2.45, 2.75) is 51.1 Å². The molecule has 1 spiro atoms. The Morgan fingerprint density at radius 1 is 1.36 bits per heavy atom. The Kier molecular flexibility index (Phi) is 2.52. The van der Waals surface area contributed by atoms with Crippen LogP contribution >= 0.6 is 0 Å². The molecule has 1 atom stereocenters. The number of carbonyl (C=O) groups excluding carboxylic acids is 1. The Bertz CT molecular complexity index is 233. The van der Waals surface area contributed by atoms with Crippen molar-refractivity contribution in [2.75, 3.05) is 7.05 Å². The minimum absolute atomic E-state index is 0.0469. The van der Waals surface area contributed by atoms with Gasteiger partial charge in [0.1, 0.15) is 0 Å². The number of hydrogen-bond acceptors (Lipinski definition) is 2. The molecule has 1 aliphatic heterocycles. The maximum Gasteiger partial charge on any atom is 0.224 e. The molecule has 1 saturated heterocycles. The molecule has 1 aliphatic carbocycles. The van der Waals surface area contributed by atoms with E-state index in [1.54, 1.807) is 4.90 Å². The largest absolute Gasteiger partial charge is 0.330 e. The quantitative estimate of drug-likeness (QED) is 0.637. The molecule has 2 rings (SSSR count). The number of likely N-dealkylation sites (tertiary alicyclic amines) is 1. The summed E-state index contributed by atoms with van der Waals surface area (Å²) in [6.45, 7) is 0. The smallest absolute Gasteiger partial charge is 0.224 e. The lowest BCUT2D eigenvalue weighted by molar-refractivity contribution is -0.141. The number of rotatable bonds is 0. The molecular formula is C11H20N2O. The summed E-state index contributed by atoms with van der Waals surface area (Å²) >= 11 is 0. The fourth-order valence-corrected chi connectivity index (χ4v) is 2.97. The maximum atomic E-state index is 11.7. The lowest BCUT2D eigenvalue weighted by atomic mass is 9.67. The minimum atomic E-state index is -0.0469. The number of nitrogens with two attached hydrogens (primary N) is 1. The Hall–Kier alpha value is -0.570. The molecule has 1 saturated carbocycles. The van der Waals surface area contributed by atoms with Crippen molar-refractivity contribution < 1.29 is 4.79 Å². The lowest BCUT2D eigenvalue weighted by Gasteiger charge is -2.45. The molecule has 0 radical (unpaired) electrons. The van der Waals surface area contributed by atoms with E-state index >= 15 is 0 Å². The third-order valence-corrected chi connectivity index (χ3v) is 3.97. The van der Waals surface area contributed by atoms with E-state index in [1.807, 2.05) is 7.05 Å². The first-order valence-electron chi connectivity index (χ1n) is 5.64. The summed E-state index contributed by atoms with van der Waals surface area (Å²) in [6, 6.07) is 0. The average Bonchev–Trinajstić information content (AvgIpc) is 2.15. The van der Waals surface area contributed by atoms with Gasteiger partial charge in [0.15, 0.2) is 0 Å². The minimum Gasteiger partial charge on any atom is -0.330 e. The zero-order valence-electron chi connectivity index (χ0n) is 8.96. The first-order valence-corrected chi connectivity index (χ1v) is 5.64. The molecule has 0 bridgehead atoms. The molecule has 0 aromatic carbocycles. The molecule has 1 heterocycles. The highest BCUT2D eigenvalue weighted by atomic mass is 16.2. The first kappa shape index (κ1) is 9.97. The van der Waals surface area contributed by atoms with E-state index in [-0.39, 0.29) is 17.5 Å². The summed E-state index contributed by atoms with van der Waals surface area (Å²) in [5, 5.41) is 0. The van der Waals surface area contributed by atoms with Crippen molar-refractivity contribution in [3.63, 3.8) is 0 Å². The van der Waals surface area contributed by atoms with Crippen LogP contribution in [-0.2, 0) is 4.79 Å². The Labute approximate surface area is 85.6 Å². The van der Waals surface area contributed by atoms with Crippen molar-refractivity contribution in [1.82, 2.24) is 4.90 Å². The van der Waals surface area contributed by atoms with Gasteiger partial charge in [-0.15, -0.1) is 0 Å². The first-order chi connectivity index (χ1) is 6.63. The third-order valence-electron chi connectivity index (χ3n) is 3.97. The van der Waals surface area contributed by atoms with E-state index in [0.29, 0.717) is 0 Å². The molecule has 0 aromatic rings. The second kappa shape index (κ2) is 3.54. The van der Waals surface area contributed by atoms with E-state index in [4.69, 9.17) is 5.73 Å². The molecule has 0 aromatic heterocycles. The van der Waals surface area contributed by atoms with Gasteiger partial charge in [-0.2, -0.15) is 0 Å². The van der Waals surface area contributed by atoms with Crippen LogP contribution in [0.1, 0.15) is 44.9 Å². The van der Waals surface area contributed by atoms with Gasteiger partial charge in [0.05, 0.1) is 6.17 Å². The summed E-state index contributed by atoms with van der Waals surface area (Å²) in [4.78, 5) is 13.4. The van der Waals surface area contributed by atoms with Crippen molar-refractivity contribution in [2.24, 2.45) is 11.1 Å². The summed E-state index contributed by atoms with van der Waals surface area (Å²) < 4.78 is 0. The van der Waals surface area contributed by atoms with Gasteiger partial charge < -0.3 is 10.6 Å². The van der Waals surface area contributed by atoms with Crippen LogP contribution in [0.4, 0.5) is 0 Å². The summed E-state index contributed by atoms with van der Waals surface area (Å²) in [6.07, 6.45) is 8.01. The number of piperidine rings is 1. The van der Waals surface area contributed by atoms with Crippen LogP contribution in [0.2, 0.25) is 0 Å². The molecule has 14 heavy (non-hydrogen) atoms. The number of carbonyl (C=O) groups is 1. The molecule has 3 nitrogen and oxygen atoms in total. The predicted molar refractivity (Wildman–Crippen MR) is 55.5 cm³/mol. The topological polar surface area (TPSA) is 46.3 Å². The summed E-state index contributed by atoms with van der Waals surface area (Å²) in [7, 11) is 1.82. The van der Waals surface area contributed by atoms with Gasteiger partial charge in [-0.05, 0) is 24.7 Å². The zero-order chi connectivity index (χ0) is 10.2. The SMILES string of the molecule is CN1C(=O)CC2(CCCCC2)CC1N. The molecule has 2 N–H and O–H groups in total. The second-order valence-corrected chi connectivity index (χ2v) is 5.01. The monoisotopic (exact) mass is 196 g/mol. The van der Waals surface area contributed by atoms with Crippen molar-refractivity contribution in [3.05, 3.63) is 0 Å². The van der Waals surface area contributed by atoms with Gasteiger partial charge >= 0.3 is 0 Å². The molecule has 2 fully saturated rings. The summed E-state index contributed by atoms with van der Waals surface area (Å²) in [5.74, 6) is 0.241. The Morgan fingerprint density at radius 2 is 2.00 bits per heavy atom. The molecular weight excluding hydrogens is 176 g/mol. The van der Waals surface area contributed by atoms with Crippen LogP contribution in [0.5, 0.6) is 0 Å². The highest BCUT2D eigenvalue weighted by Crippen LogP contribution is 2.45. The van der Waals surface area contributed by atoms with Gasteiger partial charge in [-0.1, -0.05) is 19.3 Å². The number of nitrogens with zero attached hydrogens (tertiary/aromatic N) is 1. The van der Waals surface area contributed by atoms with Crippen LogP contribution < -0.4 is 5.73 Å². The molecule has 1 amide bonds. The van der Waals surface area contributed by atoms with E-state index in [9.17, 15) is 4.79 Å². The normalized spacial score (nSPS) is 32.3. The highest BCUT2D eigenvalue weighted by Gasteiger charge is 2.41. The molecule has 1 unspecified atom stereocenters. The number of hydrogen-bond donors (Lipinski definition) is 1. The Balaban J connectivity index is 2.10. The van der Waals surface area contributed by atoms with Gasteiger partial charge in [-0.3, -0.25) is 4.79 Å². The standard InChI is InChI=1S/C11H20N2O/c1-13-9(12)7-11(8-10(13)14)5-3-2-4-6-11/h9H,2-8,12H2,1H3. The van der Waals surface area contributed by atoms with Crippen LogP contribution in [0, 0.1) is 5.41 Å². The van der Waals surface area contributed by atoms with Crippen molar-refractivity contribution >= 4 is 5.91 Å². The van der Waals surface area contributed by atoms with E-state index in [1.165, 1.54) is 32.1 Å². The van der Waals surface area contributed by atoms with E-state index in [2.05, 4.69) is 0 Å². The van der Waals surface area contributed by atoms with Gasteiger partial charge in [0, 0.05) is 13.5 Å². The van der Waals surface area contributed by atoms with Gasteiger partial charge in [0.25, 0.3) is 0 Å². The maximum absolute atomic E-state index is 11.7. The highest BCUT2D eigenvalue weighted by molar-refractivity contribution is 5.77. The van der Waals surface area contributed by atoms with Crippen LogP contribution in [0.3, 0.4) is 0 Å².